The van der Waals surface area contributed by atoms with Gasteiger partial charge in [0.1, 0.15) is 0 Å². The molecule has 1 rings (SSSR count). The Labute approximate surface area is 76.0 Å². The normalized spacial score (nSPS) is 11.5. The average molecular weight is 205 g/mol. The molecule has 0 amide bonds. The Morgan fingerprint density at radius 2 is 2.38 bits per heavy atom. The van der Waals surface area contributed by atoms with E-state index in [-0.39, 0.29) is 18.8 Å². The lowest BCUT2D eigenvalue weighted by atomic mass is 10.5. The van der Waals surface area contributed by atoms with Crippen molar-refractivity contribution >= 4 is 15.7 Å². The van der Waals surface area contributed by atoms with E-state index in [1.54, 1.807) is 0 Å². The van der Waals surface area contributed by atoms with Gasteiger partial charge in [-0.05, 0) is 6.42 Å². The highest BCUT2D eigenvalue weighted by Gasteiger charge is 2.09. The summed E-state index contributed by atoms with van der Waals surface area (Å²) < 4.78 is 24.7. The molecule has 0 aromatic carbocycles. The van der Waals surface area contributed by atoms with Crippen molar-refractivity contribution in [1.82, 2.24) is 10.2 Å². The van der Waals surface area contributed by atoms with Gasteiger partial charge in [0, 0.05) is 12.8 Å². The molecular formula is C6H11N3O3S. The number of hydrogen-bond acceptors (Lipinski definition) is 4. The Balaban J connectivity index is 2.53. The van der Waals surface area contributed by atoms with Crippen LogP contribution in [0.5, 0.6) is 0 Å². The van der Waals surface area contributed by atoms with Gasteiger partial charge in [0.25, 0.3) is 0 Å². The first-order chi connectivity index (χ1) is 6.14. The number of nitrogens with zero attached hydrogens (tertiary/aromatic N) is 1. The summed E-state index contributed by atoms with van der Waals surface area (Å²) in [7, 11) is -3.34. The molecule has 6 nitrogen and oxygen atoms in total. The van der Waals surface area contributed by atoms with E-state index >= 15 is 0 Å². The molecule has 0 radical (unpaired) electrons. The molecule has 13 heavy (non-hydrogen) atoms. The molecule has 3 N–H and O–H groups in total. The van der Waals surface area contributed by atoms with Gasteiger partial charge in [0.05, 0.1) is 17.6 Å². The van der Waals surface area contributed by atoms with Gasteiger partial charge in [0.2, 0.25) is 10.0 Å². The van der Waals surface area contributed by atoms with Gasteiger partial charge in [-0.25, -0.2) is 8.42 Å². The second kappa shape index (κ2) is 4.24. The van der Waals surface area contributed by atoms with Crippen molar-refractivity contribution in [3.8, 4) is 0 Å². The molecule has 0 saturated carbocycles. The van der Waals surface area contributed by atoms with Crippen LogP contribution >= 0.6 is 0 Å². The molecule has 0 aliphatic carbocycles. The standard InChI is InChI=1S/C6H11N3O3S/c10-2-1-3-13(11,12)9-6-4-7-8-5-6/h4-5,9-10H,1-3H2,(H,7,8). The molecule has 74 valence electrons. The number of anilines is 1. The fraction of sp³-hybridized carbons (Fsp3) is 0.500. The zero-order valence-corrected chi connectivity index (χ0v) is 7.71. The smallest absolute Gasteiger partial charge is 0.232 e. The Hall–Kier alpha value is -1.08. The minimum Gasteiger partial charge on any atom is -0.396 e. The predicted octanol–water partition coefficient (Wildman–Crippen LogP) is -0.466. The molecule has 0 aliphatic heterocycles. The van der Waals surface area contributed by atoms with E-state index in [4.69, 9.17) is 5.11 Å². The van der Waals surface area contributed by atoms with Crippen LogP contribution in [0.1, 0.15) is 6.42 Å². The van der Waals surface area contributed by atoms with Gasteiger partial charge in [0.15, 0.2) is 0 Å². The molecule has 1 aromatic heterocycles. The minimum atomic E-state index is -3.34. The Bertz CT molecular complexity index is 332. The highest BCUT2D eigenvalue weighted by molar-refractivity contribution is 7.92. The predicted molar refractivity (Wildman–Crippen MR) is 47.7 cm³/mol. The SMILES string of the molecule is O=S(=O)(CCCO)Nc1cn[nH]c1. The van der Waals surface area contributed by atoms with Crippen LogP contribution in [0.4, 0.5) is 5.69 Å². The van der Waals surface area contributed by atoms with Crippen LogP contribution in [-0.4, -0.2) is 36.1 Å². The third kappa shape index (κ3) is 3.43. The van der Waals surface area contributed by atoms with Crippen molar-refractivity contribution in [1.29, 1.82) is 0 Å². The fourth-order valence-corrected chi connectivity index (χ4v) is 1.87. The van der Waals surface area contributed by atoms with Crippen LogP contribution in [-0.2, 0) is 10.0 Å². The van der Waals surface area contributed by atoms with Crippen molar-refractivity contribution in [3.05, 3.63) is 12.4 Å². The third-order valence-electron chi connectivity index (χ3n) is 1.34. The summed E-state index contributed by atoms with van der Waals surface area (Å²) in [6.45, 7) is -0.133. The number of hydrogen-bond donors (Lipinski definition) is 3. The average Bonchev–Trinajstić information content (AvgIpc) is 2.52. The maximum absolute atomic E-state index is 11.2. The molecular weight excluding hydrogens is 194 g/mol. The van der Waals surface area contributed by atoms with Gasteiger partial charge in [-0.2, -0.15) is 5.10 Å². The van der Waals surface area contributed by atoms with Gasteiger partial charge in [-0.3, -0.25) is 9.82 Å². The summed E-state index contributed by atoms with van der Waals surface area (Å²) in [6, 6.07) is 0. The quantitative estimate of drug-likeness (QED) is 0.605. The molecule has 1 heterocycles. The monoisotopic (exact) mass is 205 g/mol. The minimum absolute atomic E-state index is 0.0886. The van der Waals surface area contributed by atoms with Crippen molar-refractivity contribution in [2.75, 3.05) is 17.1 Å². The van der Waals surface area contributed by atoms with Crippen LogP contribution in [0.2, 0.25) is 0 Å². The van der Waals surface area contributed by atoms with E-state index in [0.29, 0.717) is 5.69 Å². The van der Waals surface area contributed by atoms with Gasteiger partial charge in [-0.15, -0.1) is 0 Å². The van der Waals surface area contributed by atoms with Crippen molar-refractivity contribution in [3.63, 3.8) is 0 Å². The molecule has 1 aromatic rings. The second-order valence-corrected chi connectivity index (χ2v) is 4.33. The largest absolute Gasteiger partial charge is 0.396 e. The first kappa shape index (κ1) is 10.0. The van der Waals surface area contributed by atoms with E-state index in [1.165, 1.54) is 12.4 Å². The number of aliphatic hydroxyl groups is 1. The van der Waals surface area contributed by atoms with Crippen LogP contribution in [0.25, 0.3) is 0 Å². The van der Waals surface area contributed by atoms with E-state index in [0.717, 1.165) is 0 Å². The van der Waals surface area contributed by atoms with Gasteiger partial charge < -0.3 is 5.11 Å². The Morgan fingerprint density at radius 1 is 1.62 bits per heavy atom. The first-order valence-electron chi connectivity index (χ1n) is 3.74. The third-order valence-corrected chi connectivity index (χ3v) is 2.72. The maximum atomic E-state index is 11.2. The molecule has 0 spiro atoms. The van der Waals surface area contributed by atoms with Crippen LogP contribution in [0, 0.1) is 0 Å². The number of sulfonamides is 1. The summed E-state index contributed by atoms with van der Waals surface area (Å²) in [5.74, 6) is -0.0886. The Kier molecular flexibility index (Phi) is 3.26. The molecule has 0 aliphatic rings. The lowest BCUT2D eigenvalue weighted by Gasteiger charge is -2.03. The summed E-state index contributed by atoms with van der Waals surface area (Å²) in [6.07, 6.45) is 3.04. The first-order valence-corrected chi connectivity index (χ1v) is 5.39. The Morgan fingerprint density at radius 3 is 2.92 bits per heavy atom. The molecule has 0 bridgehead atoms. The topological polar surface area (TPSA) is 95.1 Å². The van der Waals surface area contributed by atoms with Crippen LogP contribution in [0.3, 0.4) is 0 Å². The highest BCUT2D eigenvalue weighted by Crippen LogP contribution is 2.05. The molecule has 0 saturated heterocycles. The van der Waals surface area contributed by atoms with Gasteiger partial charge in [-0.1, -0.05) is 0 Å². The van der Waals surface area contributed by atoms with Crippen molar-refractivity contribution in [2.24, 2.45) is 0 Å². The number of aromatic amines is 1. The molecule has 0 fully saturated rings. The van der Waals surface area contributed by atoms with Gasteiger partial charge >= 0.3 is 0 Å². The second-order valence-electron chi connectivity index (χ2n) is 2.49. The van der Waals surface area contributed by atoms with E-state index in [2.05, 4.69) is 14.9 Å². The lowest BCUT2D eigenvalue weighted by Crippen LogP contribution is -2.17. The van der Waals surface area contributed by atoms with Crippen molar-refractivity contribution < 1.29 is 13.5 Å². The van der Waals surface area contributed by atoms with E-state index in [1.807, 2.05) is 0 Å². The molecule has 0 atom stereocenters. The summed E-state index contributed by atoms with van der Waals surface area (Å²) in [5.41, 5.74) is 0.401. The van der Waals surface area contributed by atoms with Crippen molar-refractivity contribution in [2.45, 2.75) is 6.42 Å². The van der Waals surface area contributed by atoms with E-state index in [9.17, 15) is 8.42 Å². The zero-order chi connectivity index (χ0) is 9.73. The molecule has 0 unspecified atom stereocenters. The van der Waals surface area contributed by atoms with Crippen LogP contribution in [0.15, 0.2) is 12.4 Å². The summed E-state index contributed by atoms with van der Waals surface area (Å²) >= 11 is 0. The number of aliphatic hydroxyl groups excluding tert-OH is 1. The van der Waals surface area contributed by atoms with Crippen LogP contribution < -0.4 is 4.72 Å². The number of rotatable bonds is 5. The molecule has 7 heteroatoms. The lowest BCUT2D eigenvalue weighted by molar-refractivity contribution is 0.295. The number of H-pyrrole nitrogens is 1. The van der Waals surface area contributed by atoms with E-state index < -0.39 is 10.0 Å². The highest BCUT2D eigenvalue weighted by atomic mass is 32.2. The number of aromatic nitrogens is 2. The number of nitrogens with one attached hydrogen (secondary N) is 2. The summed E-state index contributed by atoms with van der Waals surface area (Å²) in [5, 5.41) is 14.5. The zero-order valence-electron chi connectivity index (χ0n) is 6.90. The maximum Gasteiger partial charge on any atom is 0.232 e. The summed E-state index contributed by atoms with van der Waals surface area (Å²) in [4.78, 5) is 0. The fourth-order valence-electron chi connectivity index (χ4n) is 0.792.